The van der Waals surface area contributed by atoms with Crippen molar-refractivity contribution in [2.24, 2.45) is 0 Å². The third-order valence-corrected chi connectivity index (χ3v) is 4.11. The lowest BCUT2D eigenvalue weighted by Gasteiger charge is -2.20. The van der Waals surface area contributed by atoms with Crippen molar-refractivity contribution >= 4 is 11.6 Å². The molecule has 3 heteroatoms. The summed E-state index contributed by atoms with van der Waals surface area (Å²) in [6.07, 6.45) is 7.82. The van der Waals surface area contributed by atoms with Gasteiger partial charge in [-0.3, -0.25) is 4.79 Å². The fourth-order valence-corrected chi connectivity index (χ4v) is 2.81. The molecule has 0 radical (unpaired) electrons. The first-order valence-corrected chi connectivity index (χ1v) is 7.67. The lowest BCUT2D eigenvalue weighted by molar-refractivity contribution is 0.0827. The minimum atomic E-state index is 0.0638. The van der Waals surface area contributed by atoms with Crippen molar-refractivity contribution in [2.45, 2.75) is 51.5 Å². The van der Waals surface area contributed by atoms with Crippen LogP contribution in [-0.2, 0) is 0 Å². The first kappa shape index (κ1) is 14.9. The molecule has 1 amide bonds. The molecule has 1 N–H and O–H groups in total. The van der Waals surface area contributed by atoms with Gasteiger partial charge in [0.25, 0.3) is 5.91 Å². The zero-order chi connectivity index (χ0) is 14.5. The van der Waals surface area contributed by atoms with E-state index < -0.39 is 0 Å². The number of carbonyl (C=O) groups is 1. The largest absolute Gasteiger partial charge is 0.382 e. The van der Waals surface area contributed by atoms with Crippen LogP contribution < -0.4 is 5.32 Å². The SMILES string of the molecule is Cc1ccc(C(=O)N(C)C)cc1NC1CCCCCC1. The van der Waals surface area contributed by atoms with Gasteiger partial charge in [0.2, 0.25) is 0 Å². The van der Waals surface area contributed by atoms with Crippen LogP contribution in [0.1, 0.15) is 54.4 Å². The van der Waals surface area contributed by atoms with E-state index in [2.05, 4.69) is 12.2 Å². The Bertz CT molecular complexity index is 460. The number of aryl methyl sites for hydroxylation is 1. The van der Waals surface area contributed by atoms with E-state index in [1.54, 1.807) is 19.0 Å². The molecule has 1 aromatic carbocycles. The first-order valence-electron chi connectivity index (χ1n) is 7.67. The molecule has 0 aromatic heterocycles. The highest BCUT2D eigenvalue weighted by molar-refractivity contribution is 5.95. The molecule has 0 saturated heterocycles. The molecule has 0 aliphatic heterocycles. The highest BCUT2D eigenvalue weighted by Crippen LogP contribution is 2.24. The molecule has 0 spiro atoms. The third-order valence-electron chi connectivity index (χ3n) is 4.11. The first-order chi connectivity index (χ1) is 9.58. The van der Waals surface area contributed by atoms with E-state index in [0.29, 0.717) is 6.04 Å². The van der Waals surface area contributed by atoms with Gasteiger partial charge in [0.15, 0.2) is 0 Å². The molecule has 110 valence electrons. The Morgan fingerprint density at radius 2 is 1.80 bits per heavy atom. The topological polar surface area (TPSA) is 32.3 Å². The van der Waals surface area contributed by atoms with Crippen molar-refractivity contribution < 1.29 is 4.79 Å². The van der Waals surface area contributed by atoms with Crippen molar-refractivity contribution in [1.82, 2.24) is 4.90 Å². The predicted octanol–water partition coefficient (Wildman–Crippen LogP) is 3.83. The van der Waals surface area contributed by atoms with Gasteiger partial charge in [-0.1, -0.05) is 31.7 Å². The predicted molar refractivity (Wildman–Crippen MR) is 84.3 cm³/mol. The molecule has 0 bridgehead atoms. The lowest BCUT2D eigenvalue weighted by Crippen LogP contribution is -2.23. The molecule has 3 nitrogen and oxygen atoms in total. The highest BCUT2D eigenvalue weighted by atomic mass is 16.2. The summed E-state index contributed by atoms with van der Waals surface area (Å²) < 4.78 is 0. The maximum atomic E-state index is 12.1. The smallest absolute Gasteiger partial charge is 0.253 e. The second kappa shape index (κ2) is 6.78. The van der Waals surface area contributed by atoms with Gasteiger partial charge in [-0.05, 0) is 37.5 Å². The Balaban J connectivity index is 2.13. The Labute approximate surface area is 122 Å². The summed E-state index contributed by atoms with van der Waals surface area (Å²) in [4.78, 5) is 13.7. The Kier molecular flexibility index (Phi) is 5.05. The van der Waals surface area contributed by atoms with E-state index in [9.17, 15) is 4.79 Å². The van der Waals surface area contributed by atoms with Gasteiger partial charge in [-0.15, -0.1) is 0 Å². The second-order valence-corrected chi connectivity index (χ2v) is 6.06. The average molecular weight is 274 g/mol. The highest BCUT2D eigenvalue weighted by Gasteiger charge is 2.14. The standard InChI is InChI=1S/C17H26N2O/c1-13-10-11-14(17(20)19(2)3)12-16(13)18-15-8-6-4-5-7-9-15/h10-12,15,18H,4-9H2,1-3H3. The number of anilines is 1. The summed E-state index contributed by atoms with van der Waals surface area (Å²) in [5.74, 6) is 0.0638. The van der Waals surface area contributed by atoms with Gasteiger partial charge in [0, 0.05) is 31.4 Å². The van der Waals surface area contributed by atoms with Gasteiger partial charge in [0.05, 0.1) is 0 Å². The molecule has 0 unspecified atom stereocenters. The fraction of sp³-hybridized carbons (Fsp3) is 0.588. The van der Waals surface area contributed by atoms with Crippen LogP contribution >= 0.6 is 0 Å². The molecule has 1 aromatic rings. The van der Waals surface area contributed by atoms with E-state index in [-0.39, 0.29) is 5.91 Å². The molecule has 1 aliphatic rings. The Hall–Kier alpha value is -1.51. The van der Waals surface area contributed by atoms with Crippen LogP contribution in [0.4, 0.5) is 5.69 Å². The Morgan fingerprint density at radius 3 is 2.40 bits per heavy atom. The number of rotatable bonds is 3. The third kappa shape index (κ3) is 3.75. The fourth-order valence-electron chi connectivity index (χ4n) is 2.81. The maximum Gasteiger partial charge on any atom is 0.253 e. The van der Waals surface area contributed by atoms with Gasteiger partial charge in [-0.25, -0.2) is 0 Å². The zero-order valence-electron chi connectivity index (χ0n) is 12.9. The number of hydrogen-bond donors (Lipinski definition) is 1. The van der Waals surface area contributed by atoms with Crippen LogP contribution in [0.3, 0.4) is 0 Å². The molecular formula is C17H26N2O. The zero-order valence-corrected chi connectivity index (χ0v) is 12.9. The van der Waals surface area contributed by atoms with E-state index in [4.69, 9.17) is 0 Å². The average Bonchev–Trinajstić information content (AvgIpc) is 2.69. The number of hydrogen-bond acceptors (Lipinski definition) is 2. The number of carbonyl (C=O) groups excluding carboxylic acids is 1. The maximum absolute atomic E-state index is 12.1. The van der Waals surface area contributed by atoms with Crippen LogP contribution in [0.15, 0.2) is 18.2 Å². The molecule has 0 atom stereocenters. The van der Waals surface area contributed by atoms with Crippen LogP contribution in [0, 0.1) is 6.92 Å². The Morgan fingerprint density at radius 1 is 1.15 bits per heavy atom. The normalized spacial score (nSPS) is 16.6. The molecule has 1 aliphatic carbocycles. The van der Waals surface area contributed by atoms with E-state index >= 15 is 0 Å². The van der Waals surface area contributed by atoms with Crippen molar-refractivity contribution in [3.8, 4) is 0 Å². The van der Waals surface area contributed by atoms with Crippen LogP contribution in [0.5, 0.6) is 0 Å². The number of amides is 1. The number of nitrogens with zero attached hydrogens (tertiary/aromatic N) is 1. The molecule has 2 rings (SSSR count). The molecule has 20 heavy (non-hydrogen) atoms. The van der Waals surface area contributed by atoms with E-state index in [1.807, 2.05) is 18.2 Å². The van der Waals surface area contributed by atoms with Crippen molar-refractivity contribution in [2.75, 3.05) is 19.4 Å². The summed E-state index contributed by atoms with van der Waals surface area (Å²) in [6.45, 7) is 2.10. The van der Waals surface area contributed by atoms with Gasteiger partial charge >= 0.3 is 0 Å². The molecule has 1 fully saturated rings. The molecule has 0 heterocycles. The van der Waals surface area contributed by atoms with Crippen LogP contribution in [-0.4, -0.2) is 30.9 Å². The monoisotopic (exact) mass is 274 g/mol. The minimum Gasteiger partial charge on any atom is -0.382 e. The van der Waals surface area contributed by atoms with Crippen molar-refractivity contribution in [3.63, 3.8) is 0 Å². The summed E-state index contributed by atoms with van der Waals surface area (Å²) in [7, 11) is 3.58. The van der Waals surface area contributed by atoms with Gasteiger partial charge in [0.1, 0.15) is 0 Å². The van der Waals surface area contributed by atoms with E-state index in [1.165, 1.54) is 44.1 Å². The van der Waals surface area contributed by atoms with Crippen LogP contribution in [0.25, 0.3) is 0 Å². The second-order valence-electron chi connectivity index (χ2n) is 6.06. The molecular weight excluding hydrogens is 248 g/mol. The van der Waals surface area contributed by atoms with Gasteiger partial charge < -0.3 is 10.2 Å². The van der Waals surface area contributed by atoms with E-state index in [0.717, 1.165) is 11.3 Å². The van der Waals surface area contributed by atoms with Gasteiger partial charge in [-0.2, -0.15) is 0 Å². The lowest BCUT2D eigenvalue weighted by atomic mass is 10.1. The summed E-state index contributed by atoms with van der Waals surface area (Å²) in [5, 5.41) is 3.65. The summed E-state index contributed by atoms with van der Waals surface area (Å²) >= 11 is 0. The quantitative estimate of drug-likeness (QED) is 0.850. The summed E-state index contributed by atoms with van der Waals surface area (Å²) in [6, 6.07) is 6.51. The van der Waals surface area contributed by atoms with Crippen molar-refractivity contribution in [1.29, 1.82) is 0 Å². The van der Waals surface area contributed by atoms with Crippen LogP contribution in [0.2, 0.25) is 0 Å². The summed E-state index contributed by atoms with van der Waals surface area (Å²) in [5.41, 5.74) is 3.09. The number of benzene rings is 1. The molecule has 1 saturated carbocycles. The minimum absolute atomic E-state index is 0.0638. The van der Waals surface area contributed by atoms with Crippen molar-refractivity contribution in [3.05, 3.63) is 29.3 Å². The number of nitrogens with one attached hydrogen (secondary N) is 1.